The SMILES string of the molecule is CCN1CCN(c2ccc(NC(=O)CCNC(=O)c3cccs3)c(C)c2)CC1. The highest BCUT2D eigenvalue weighted by molar-refractivity contribution is 7.12. The summed E-state index contributed by atoms with van der Waals surface area (Å²) in [4.78, 5) is 29.6. The first kappa shape index (κ1) is 20.4. The summed E-state index contributed by atoms with van der Waals surface area (Å²) in [6, 6.07) is 9.78. The fourth-order valence-corrected chi connectivity index (χ4v) is 3.94. The van der Waals surface area contributed by atoms with Crippen LogP contribution in [-0.4, -0.2) is 56.0 Å². The number of carbonyl (C=O) groups is 2. The largest absolute Gasteiger partial charge is 0.369 e. The van der Waals surface area contributed by atoms with Crippen LogP contribution in [0.15, 0.2) is 35.7 Å². The minimum Gasteiger partial charge on any atom is -0.369 e. The molecule has 1 aliphatic rings. The van der Waals surface area contributed by atoms with Gasteiger partial charge in [0.25, 0.3) is 5.91 Å². The zero-order chi connectivity index (χ0) is 19.9. The number of hydrogen-bond acceptors (Lipinski definition) is 5. The van der Waals surface area contributed by atoms with E-state index in [0.717, 1.165) is 44.0 Å². The molecule has 0 radical (unpaired) electrons. The highest BCUT2D eigenvalue weighted by atomic mass is 32.1. The molecule has 3 rings (SSSR count). The summed E-state index contributed by atoms with van der Waals surface area (Å²) in [5, 5.41) is 7.59. The molecule has 1 aromatic carbocycles. The molecule has 1 saturated heterocycles. The predicted octanol–water partition coefficient (Wildman–Crippen LogP) is 2.96. The molecule has 1 fully saturated rings. The van der Waals surface area contributed by atoms with Gasteiger partial charge in [0.2, 0.25) is 5.91 Å². The average molecular weight is 401 g/mol. The minimum absolute atomic E-state index is 0.0983. The number of anilines is 2. The van der Waals surface area contributed by atoms with Gasteiger partial charge in [-0.15, -0.1) is 11.3 Å². The van der Waals surface area contributed by atoms with Crippen LogP contribution in [0.25, 0.3) is 0 Å². The molecule has 0 spiro atoms. The van der Waals surface area contributed by atoms with E-state index in [1.807, 2.05) is 24.4 Å². The molecule has 28 heavy (non-hydrogen) atoms. The van der Waals surface area contributed by atoms with Crippen molar-refractivity contribution in [1.82, 2.24) is 10.2 Å². The summed E-state index contributed by atoms with van der Waals surface area (Å²) in [7, 11) is 0. The third-order valence-electron chi connectivity index (χ3n) is 5.05. The van der Waals surface area contributed by atoms with E-state index in [2.05, 4.69) is 39.5 Å². The van der Waals surface area contributed by atoms with Crippen molar-refractivity contribution >= 4 is 34.5 Å². The van der Waals surface area contributed by atoms with Crippen LogP contribution >= 0.6 is 11.3 Å². The average Bonchev–Trinajstić information content (AvgIpc) is 3.24. The summed E-state index contributed by atoms with van der Waals surface area (Å²) in [6.45, 7) is 9.88. The second-order valence-electron chi connectivity index (χ2n) is 6.95. The van der Waals surface area contributed by atoms with Crippen LogP contribution in [0.2, 0.25) is 0 Å². The predicted molar refractivity (Wildman–Crippen MR) is 115 cm³/mol. The Balaban J connectivity index is 1.47. The van der Waals surface area contributed by atoms with Crippen LogP contribution in [0.3, 0.4) is 0 Å². The Bertz CT molecular complexity index is 799. The first-order chi connectivity index (χ1) is 13.6. The van der Waals surface area contributed by atoms with Crippen LogP contribution in [0.1, 0.15) is 28.6 Å². The van der Waals surface area contributed by atoms with Crippen molar-refractivity contribution in [3.8, 4) is 0 Å². The quantitative estimate of drug-likeness (QED) is 0.750. The Labute approximate surface area is 170 Å². The van der Waals surface area contributed by atoms with Crippen molar-refractivity contribution in [1.29, 1.82) is 0 Å². The van der Waals surface area contributed by atoms with E-state index < -0.39 is 0 Å². The van der Waals surface area contributed by atoms with E-state index in [0.29, 0.717) is 11.4 Å². The molecule has 0 unspecified atom stereocenters. The molecule has 2 amide bonds. The van der Waals surface area contributed by atoms with Gasteiger partial charge in [0.1, 0.15) is 0 Å². The molecular formula is C21H28N4O2S. The van der Waals surface area contributed by atoms with Crippen LogP contribution in [0, 0.1) is 6.92 Å². The molecule has 2 aromatic rings. The van der Waals surface area contributed by atoms with E-state index in [9.17, 15) is 9.59 Å². The molecule has 6 nitrogen and oxygen atoms in total. The molecule has 0 saturated carbocycles. The summed E-state index contributed by atoms with van der Waals surface area (Å²) in [5.41, 5.74) is 3.08. The first-order valence-corrected chi connectivity index (χ1v) is 10.6. The summed E-state index contributed by atoms with van der Waals surface area (Å²) >= 11 is 1.39. The topological polar surface area (TPSA) is 64.7 Å². The first-order valence-electron chi connectivity index (χ1n) is 9.76. The van der Waals surface area contributed by atoms with Gasteiger partial charge < -0.3 is 20.4 Å². The van der Waals surface area contributed by atoms with E-state index >= 15 is 0 Å². The maximum Gasteiger partial charge on any atom is 0.261 e. The van der Waals surface area contributed by atoms with Gasteiger partial charge >= 0.3 is 0 Å². The van der Waals surface area contributed by atoms with Crippen LogP contribution < -0.4 is 15.5 Å². The van der Waals surface area contributed by atoms with E-state index in [-0.39, 0.29) is 18.2 Å². The molecule has 7 heteroatoms. The second-order valence-corrected chi connectivity index (χ2v) is 7.90. The number of piperazine rings is 1. The van der Waals surface area contributed by atoms with Gasteiger partial charge in [0.05, 0.1) is 4.88 Å². The van der Waals surface area contributed by atoms with E-state index in [1.54, 1.807) is 6.07 Å². The molecule has 2 N–H and O–H groups in total. The van der Waals surface area contributed by atoms with Crippen molar-refractivity contribution in [3.63, 3.8) is 0 Å². The second kappa shape index (κ2) is 9.71. The third kappa shape index (κ3) is 5.33. The van der Waals surface area contributed by atoms with Gasteiger partial charge in [-0.3, -0.25) is 9.59 Å². The lowest BCUT2D eigenvalue weighted by Crippen LogP contribution is -2.46. The van der Waals surface area contributed by atoms with Gasteiger partial charge in [-0.05, 0) is 48.7 Å². The fourth-order valence-electron chi connectivity index (χ4n) is 3.30. The summed E-state index contributed by atoms with van der Waals surface area (Å²) < 4.78 is 0. The van der Waals surface area contributed by atoms with E-state index in [4.69, 9.17) is 0 Å². The number of thiophene rings is 1. The lowest BCUT2D eigenvalue weighted by Gasteiger charge is -2.35. The molecule has 2 heterocycles. The number of benzene rings is 1. The lowest BCUT2D eigenvalue weighted by atomic mass is 10.1. The maximum atomic E-state index is 12.2. The number of hydrogen-bond donors (Lipinski definition) is 2. The van der Waals surface area contributed by atoms with Crippen molar-refractivity contribution < 1.29 is 9.59 Å². The molecule has 1 aromatic heterocycles. The number of amides is 2. The zero-order valence-corrected chi connectivity index (χ0v) is 17.3. The minimum atomic E-state index is -0.133. The summed E-state index contributed by atoms with van der Waals surface area (Å²) in [6.07, 6.45) is 0.247. The summed E-state index contributed by atoms with van der Waals surface area (Å²) in [5.74, 6) is -0.231. The van der Waals surface area contributed by atoms with Gasteiger partial charge in [0, 0.05) is 50.5 Å². The molecule has 150 valence electrons. The maximum absolute atomic E-state index is 12.2. The number of aryl methyl sites for hydroxylation is 1. The third-order valence-corrected chi connectivity index (χ3v) is 5.92. The fraction of sp³-hybridized carbons (Fsp3) is 0.429. The van der Waals surface area contributed by atoms with Gasteiger partial charge in [-0.2, -0.15) is 0 Å². The number of carbonyl (C=O) groups excluding carboxylic acids is 2. The Morgan fingerprint density at radius 1 is 1.14 bits per heavy atom. The monoisotopic (exact) mass is 400 g/mol. The smallest absolute Gasteiger partial charge is 0.261 e. The molecule has 1 aliphatic heterocycles. The Morgan fingerprint density at radius 3 is 2.57 bits per heavy atom. The van der Waals surface area contributed by atoms with E-state index in [1.165, 1.54) is 17.0 Å². The zero-order valence-electron chi connectivity index (χ0n) is 16.5. The number of nitrogens with zero attached hydrogens (tertiary/aromatic N) is 2. The van der Waals surface area contributed by atoms with Crippen LogP contribution in [-0.2, 0) is 4.79 Å². The Morgan fingerprint density at radius 2 is 1.93 bits per heavy atom. The standard InChI is InChI=1S/C21H28N4O2S/c1-3-24-10-12-25(13-11-24)17-6-7-18(16(2)15-17)23-20(26)8-9-22-21(27)19-5-4-14-28-19/h4-7,14-15H,3,8-13H2,1-2H3,(H,22,27)(H,23,26). The van der Waals surface area contributed by atoms with Crippen molar-refractivity contribution in [2.24, 2.45) is 0 Å². The lowest BCUT2D eigenvalue weighted by molar-refractivity contribution is -0.116. The number of nitrogens with one attached hydrogen (secondary N) is 2. The Kier molecular flexibility index (Phi) is 7.06. The van der Waals surface area contributed by atoms with Gasteiger partial charge in [0.15, 0.2) is 0 Å². The molecular weight excluding hydrogens is 372 g/mol. The molecule has 0 atom stereocenters. The highest BCUT2D eigenvalue weighted by Crippen LogP contribution is 2.24. The van der Waals surface area contributed by atoms with Crippen molar-refractivity contribution in [2.75, 3.05) is 49.5 Å². The number of likely N-dealkylation sites (N-methyl/N-ethyl adjacent to an activating group) is 1. The van der Waals surface area contributed by atoms with Gasteiger partial charge in [-0.25, -0.2) is 0 Å². The van der Waals surface area contributed by atoms with Gasteiger partial charge in [-0.1, -0.05) is 13.0 Å². The van der Waals surface area contributed by atoms with Crippen molar-refractivity contribution in [2.45, 2.75) is 20.3 Å². The van der Waals surface area contributed by atoms with Crippen molar-refractivity contribution in [3.05, 3.63) is 46.2 Å². The molecule has 0 bridgehead atoms. The van der Waals surface area contributed by atoms with Crippen LogP contribution in [0.4, 0.5) is 11.4 Å². The molecule has 0 aliphatic carbocycles. The number of rotatable bonds is 7. The highest BCUT2D eigenvalue weighted by Gasteiger charge is 2.16. The van der Waals surface area contributed by atoms with Crippen LogP contribution in [0.5, 0.6) is 0 Å². The Hall–Kier alpha value is -2.38. The normalized spacial score (nSPS) is 14.7.